The molecule has 118 valence electrons. The molecule has 1 atom stereocenters. The fourth-order valence-corrected chi connectivity index (χ4v) is 2.18. The number of aromatic hydroxyl groups is 1. The van der Waals surface area contributed by atoms with Crippen LogP contribution in [-0.2, 0) is 9.53 Å². The van der Waals surface area contributed by atoms with E-state index in [4.69, 9.17) is 4.74 Å². The van der Waals surface area contributed by atoms with Crippen molar-refractivity contribution in [3.8, 4) is 5.75 Å². The Hall–Kier alpha value is -2.82. The summed E-state index contributed by atoms with van der Waals surface area (Å²) in [4.78, 5) is 24.6. The highest BCUT2D eigenvalue weighted by molar-refractivity contribution is 5.92. The van der Waals surface area contributed by atoms with Gasteiger partial charge in [0.1, 0.15) is 5.75 Å². The van der Waals surface area contributed by atoms with Gasteiger partial charge in [-0.25, -0.2) is 4.79 Å². The first kappa shape index (κ1) is 15.1. The molecule has 0 saturated heterocycles. The highest BCUT2D eigenvalue weighted by atomic mass is 16.5. The summed E-state index contributed by atoms with van der Waals surface area (Å²) in [5.74, 6) is -0.858. The van der Waals surface area contributed by atoms with Gasteiger partial charge in [0.05, 0.1) is 5.56 Å². The standard InChI is InChI=1S/C18H17NO4/c20-15-10-6-13(7-11-15)18(22)23-16(12-4-2-1-3-5-12)17(21)19-14-8-9-14/h1-7,10-11,14,16,20H,8-9H2,(H,19,21). The predicted octanol–water partition coefficient (Wildman–Crippen LogP) is 2.57. The lowest BCUT2D eigenvalue weighted by molar-refractivity contribution is -0.130. The largest absolute Gasteiger partial charge is 0.508 e. The van der Waals surface area contributed by atoms with Crippen molar-refractivity contribution in [3.05, 3.63) is 65.7 Å². The van der Waals surface area contributed by atoms with Gasteiger partial charge in [0.25, 0.3) is 5.91 Å². The van der Waals surface area contributed by atoms with Crippen molar-refractivity contribution in [2.75, 3.05) is 0 Å². The van der Waals surface area contributed by atoms with Gasteiger partial charge in [-0.1, -0.05) is 30.3 Å². The Bertz CT molecular complexity index is 693. The Labute approximate surface area is 133 Å². The van der Waals surface area contributed by atoms with Crippen LogP contribution in [0.3, 0.4) is 0 Å². The summed E-state index contributed by atoms with van der Waals surface area (Å²) in [5.41, 5.74) is 0.903. The number of amides is 1. The third-order valence-electron chi connectivity index (χ3n) is 3.59. The number of esters is 1. The number of nitrogens with one attached hydrogen (secondary N) is 1. The zero-order valence-electron chi connectivity index (χ0n) is 12.4. The van der Waals surface area contributed by atoms with E-state index >= 15 is 0 Å². The summed E-state index contributed by atoms with van der Waals surface area (Å²) < 4.78 is 5.42. The number of hydrogen-bond acceptors (Lipinski definition) is 4. The van der Waals surface area contributed by atoms with Gasteiger partial charge in [0, 0.05) is 11.6 Å². The van der Waals surface area contributed by atoms with E-state index in [1.54, 1.807) is 24.3 Å². The lowest BCUT2D eigenvalue weighted by Gasteiger charge is -2.18. The molecule has 1 aliphatic carbocycles. The van der Waals surface area contributed by atoms with Gasteiger partial charge >= 0.3 is 5.97 Å². The molecule has 5 nitrogen and oxygen atoms in total. The Morgan fingerprint density at radius 2 is 1.70 bits per heavy atom. The van der Waals surface area contributed by atoms with Crippen molar-refractivity contribution in [3.63, 3.8) is 0 Å². The molecule has 0 radical (unpaired) electrons. The van der Waals surface area contributed by atoms with Crippen LogP contribution in [0.25, 0.3) is 0 Å². The topological polar surface area (TPSA) is 75.6 Å². The van der Waals surface area contributed by atoms with Crippen LogP contribution in [0.4, 0.5) is 0 Å². The van der Waals surface area contributed by atoms with E-state index in [0.717, 1.165) is 12.8 Å². The van der Waals surface area contributed by atoms with E-state index in [1.165, 1.54) is 24.3 Å². The Morgan fingerprint density at radius 3 is 2.30 bits per heavy atom. The van der Waals surface area contributed by atoms with Gasteiger partial charge in [0.15, 0.2) is 0 Å². The summed E-state index contributed by atoms with van der Waals surface area (Å²) in [5, 5.41) is 12.1. The Kier molecular flexibility index (Phi) is 4.28. The highest BCUT2D eigenvalue weighted by Gasteiger charge is 2.31. The molecule has 2 aromatic rings. The molecular weight excluding hydrogens is 294 g/mol. The Balaban J connectivity index is 1.78. The SMILES string of the molecule is O=C(OC(C(=O)NC1CC1)c1ccccc1)c1ccc(O)cc1. The number of phenols is 1. The van der Waals surface area contributed by atoms with Crippen LogP contribution in [-0.4, -0.2) is 23.0 Å². The lowest BCUT2D eigenvalue weighted by atomic mass is 10.1. The molecule has 1 fully saturated rings. The molecule has 0 heterocycles. The first-order valence-corrected chi connectivity index (χ1v) is 7.49. The summed E-state index contributed by atoms with van der Waals surface area (Å²) in [6.45, 7) is 0. The average Bonchev–Trinajstić information content (AvgIpc) is 3.37. The second kappa shape index (κ2) is 6.52. The highest BCUT2D eigenvalue weighted by Crippen LogP contribution is 2.24. The van der Waals surface area contributed by atoms with Crippen molar-refractivity contribution in [2.24, 2.45) is 0 Å². The normalized spacial score (nSPS) is 14.8. The van der Waals surface area contributed by atoms with E-state index in [1.807, 2.05) is 6.07 Å². The molecule has 1 amide bonds. The van der Waals surface area contributed by atoms with Crippen molar-refractivity contribution in [1.82, 2.24) is 5.32 Å². The van der Waals surface area contributed by atoms with Crippen LogP contribution < -0.4 is 5.32 Å². The van der Waals surface area contributed by atoms with Crippen molar-refractivity contribution < 1.29 is 19.4 Å². The first-order chi connectivity index (χ1) is 11.1. The zero-order valence-corrected chi connectivity index (χ0v) is 12.4. The summed E-state index contributed by atoms with van der Waals surface area (Å²) in [6.07, 6.45) is 0.927. The van der Waals surface area contributed by atoms with E-state index in [0.29, 0.717) is 5.56 Å². The molecule has 3 rings (SSSR count). The maximum Gasteiger partial charge on any atom is 0.339 e. The maximum absolute atomic E-state index is 12.4. The molecule has 5 heteroatoms. The number of carbonyl (C=O) groups is 2. The number of hydrogen-bond donors (Lipinski definition) is 2. The quantitative estimate of drug-likeness (QED) is 0.832. The second-order valence-corrected chi connectivity index (χ2v) is 5.53. The van der Waals surface area contributed by atoms with Crippen LogP contribution in [0.5, 0.6) is 5.75 Å². The molecule has 0 bridgehead atoms. The number of phenolic OH excluding ortho intramolecular Hbond substituents is 1. The smallest absolute Gasteiger partial charge is 0.339 e. The molecule has 1 aliphatic rings. The fourth-order valence-electron chi connectivity index (χ4n) is 2.18. The number of rotatable bonds is 5. The zero-order chi connectivity index (χ0) is 16.2. The third-order valence-corrected chi connectivity index (χ3v) is 3.59. The second-order valence-electron chi connectivity index (χ2n) is 5.53. The predicted molar refractivity (Wildman–Crippen MR) is 83.9 cm³/mol. The lowest BCUT2D eigenvalue weighted by Crippen LogP contribution is -2.33. The number of ether oxygens (including phenoxy) is 1. The summed E-state index contributed by atoms with van der Waals surface area (Å²) in [7, 11) is 0. The average molecular weight is 311 g/mol. The molecular formula is C18H17NO4. The van der Waals surface area contributed by atoms with E-state index < -0.39 is 12.1 Å². The molecule has 23 heavy (non-hydrogen) atoms. The molecule has 1 saturated carbocycles. The summed E-state index contributed by atoms with van der Waals surface area (Å²) in [6, 6.07) is 14.8. The van der Waals surface area contributed by atoms with Crippen LogP contribution in [0.1, 0.15) is 34.9 Å². The van der Waals surface area contributed by atoms with E-state index in [2.05, 4.69) is 5.32 Å². The molecule has 0 aromatic heterocycles. The Morgan fingerprint density at radius 1 is 1.04 bits per heavy atom. The minimum atomic E-state index is -0.988. The van der Waals surface area contributed by atoms with Crippen LogP contribution in [0.15, 0.2) is 54.6 Å². The number of benzene rings is 2. The molecule has 2 aromatic carbocycles. The summed E-state index contributed by atoms with van der Waals surface area (Å²) >= 11 is 0. The van der Waals surface area contributed by atoms with E-state index in [9.17, 15) is 14.7 Å². The monoisotopic (exact) mass is 311 g/mol. The fraction of sp³-hybridized carbons (Fsp3) is 0.222. The van der Waals surface area contributed by atoms with Crippen molar-refractivity contribution >= 4 is 11.9 Å². The molecule has 2 N–H and O–H groups in total. The molecule has 0 spiro atoms. The van der Waals surface area contributed by atoms with Crippen molar-refractivity contribution in [1.29, 1.82) is 0 Å². The minimum Gasteiger partial charge on any atom is -0.508 e. The van der Waals surface area contributed by atoms with Crippen LogP contribution in [0, 0.1) is 0 Å². The van der Waals surface area contributed by atoms with Crippen LogP contribution >= 0.6 is 0 Å². The van der Waals surface area contributed by atoms with Gasteiger partial charge in [-0.15, -0.1) is 0 Å². The van der Waals surface area contributed by atoms with Gasteiger partial charge in [-0.05, 0) is 37.1 Å². The van der Waals surface area contributed by atoms with Crippen LogP contribution in [0.2, 0.25) is 0 Å². The van der Waals surface area contributed by atoms with E-state index in [-0.39, 0.29) is 23.3 Å². The van der Waals surface area contributed by atoms with Gasteiger partial charge in [0.2, 0.25) is 6.10 Å². The maximum atomic E-state index is 12.4. The van der Waals surface area contributed by atoms with Gasteiger partial charge < -0.3 is 15.2 Å². The van der Waals surface area contributed by atoms with Gasteiger partial charge in [-0.3, -0.25) is 4.79 Å². The molecule has 0 aliphatic heterocycles. The minimum absolute atomic E-state index is 0.0626. The first-order valence-electron chi connectivity index (χ1n) is 7.49. The third kappa shape index (κ3) is 3.88. The van der Waals surface area contributed by atoms with Gasteiger partial charge in [-0.2, -0.15) is 0 Å². The molecule has 1 unspecified atom stereocenters. The number of carbonyl (C=O) groups excluding carboxylic acids is 2. The van der Waals surface area contributed by atoms with Crippen molar-refractivity contribution in [2.45, 2.75) is 25.0 Å².